The van der Waals surface area contributed by atoms with Gasteiger partial charge in [0.15, 0.2) is 5.78 Å². The van der Waals surface area contributed by atoms with Crippen LogP contribution in [0.1, 0.15) is 76.5 Å². The van der Waals surface area contributed by atoms with E-state index in [-0.39, 0.29) is 55.6 Å². The largest absolute Gasteiger partial charge is 0.394 e. The number of carbonyl (C=O) groups excluding carboxylic acids is 7. The summed E-state index contributed by atoms with van der Waals surface area (Å²) in [6.07, 6.45) is 0.570. The van der Waals surface area contributed by atoms with E-state index in [4.69, 9.17) is 5.73 Å². The molecule has 0 spiro atoms. The first-order valence-corrected chi connectivity index (χ1v) is 27.9. The van der Waals surface area contributed by atoms with Crippen molar-refractivity contribution in [2.24, 2.45) is 23.5 Å². The van der Waals surface area contributed by atoms with Crippen LogP contribution in [-0.4, -0.2) is 135 Å². The summed E-state index contributed by atoms with van der Waals surface area (Å²) in [5.74, 6) is -6.39. The molecule has 0 saturated carbocycles. The van der Waals surface area contributed by atoms with E-state index in [1.54, 1.807) is 6.20 Å². The van der Waals surface area contributed by atoms with E-state index in [1.807, 2.05) is 98.8 Å². The molecule has 1 aliphatic rings. The van der Waals surface area contributed by atoms with Crippen molar-refractivity contribution in [3.05, 3.63) is 108 Å². The Morgan fingerprint density at radius 2 is 1.38 bits per heavy atom. The average Bonchev–Trinajstić information content (AvgIpc) is 3.78. The zero-order chi connectivity index (χ0) is 53.7. The topological polar surface area (TPSA) is 294 Å². The number of aliphatic hydroxyl groups is 3. The Hall–Kier alpha value is -5.77. The maximum absolute atomic E-state index is 14.9. The Kier molecular flexibility index (Phi) is 23.9. The van der Waals surface area contributed by atoms with Gasteiger partial charge in [0.05, 0.1) is 30.9 Å². The third-order valence-electron chi connectivity index (χ3n) is 13.0. The SMILES string of the molecule is CC(C)C[C@H](Cc1ccccc1)C(=O)N[C@H]1CSSCC(C(=O)N[C@H](CO)C(C)O)NC(=O)[C@H](C(C)O)NC(=O)[C@H](CCCCN)NC(=O)[C@@H](Cc2c[nH]c3ccccc23)NC(=O)[C@H](Cc2ccccc2)CC1=O. The van der Waals surface area contributed by atoms with Gasteiger partial charge in [-0.15, -0.1) is 0 Å². The van der Waals surface area contributed by atoms with Gasteiger partial charge in [0.1, 0.15) is 24.2 Å². The molecule has 10 atom stereocenters. The number of Topliss-reactive ketones (excluding diaryl/α,β-unsaturated/α-hetero) is 1. The van der Waals surface area contributed by atoms with Gasteiger partial charge < -0.3 is 57.9 Å². The number of amides is 6. The summed E-state index contributed by atoms with van der Waals surface area (Å²) in [6, 6.07) is 18.2. The molecule has 20 heteroatoms. The van der Waals surface area contributed by atoms with Crippen molar-refractivity contribution in [2.45, 2.75) is 128 Å². The Morgan fingerprint density at radius 1 is 0.743 bits per heavy atom. The lowest BCUT2D eigenvalue weighted by Crippen LogP contribution is -2.62. The van der Waals surface area contributed by atoms with Crippen LogP contribution in [0.3, 0.4) is 0 Å². The van der Waals surface area contributed by atoms with Crippen LogP contribution in [0.15, 0.2) is 91.1 Å². The van der Waals surface area contributed by atoms with E-state index < -0.39 is 102 Å². The quantitative estimate of drug-likeness (QED) is 0.0477. The fraction of sp³-hybridized carbons (Fsp3) is 0.500. The van der Waals surface area contributed by atoms with E-state index >= 15 is 0 Å². The summed E-state index contributed by atoms with van der Waals surface area (Å²) in [7, 11) is 2.22. The minimum Gasteiger partial charge on any atom is -0.394 e. The lowest BCUT2D eigenvalue weighted by atomic mass is 9.89. The summed E-state index contributed by atoms with van der Waals surface area (Å²) in [5.41, 5.74) is 8.97. The highest BCUT2D eigenvalue weighted by molar-refractivity contribution is 8.76. The van der Waals surface area contributed by atoms with Crippen LogP contribution < -0.4 is 37.6 Å². The van der Waals surface area contributed by atoms with Crippen LogP contribution in [0.5, 0.6) is 0 Å². The molecule has 12 N–H and O–H groups in total. The van der Waals surface area contributed by atoms with Crippen molar-refractivity contribution < 1.29 is 48.9 Å². The number of rotatable bonds is 19. The Bertz CT molecular complexity index is 2460. The number of aromatic nitrogens is 1. The molecule has 1 fully saturated rings. The van der Waals surface area contributed by atoms with E-state index in [2.05, 4.69) is 36.9 Å². The molecule has 5 rings (SSSR count). The van der Waals surface area contributed by atoms with E-state index in [1.165, 1.54) is 13.8 Å². The van der Waals surface area contributed by atoms with Gasteiger partial charge in [0, 0.05) is 53.3 Å². The van der Waals surface area contributed by atoms with Gasteiger partial charge in [-0.25, -0.2) is 0 Å². The summed E-state index contributed by atoms with van der Waals surface area (Å²) < 4.78 is 0. The molecule has 6 amide bonds. The molecule has 2 heterocycles. The first kappa shape index (κ1) is 59.1. The van der Waals surface area contributed by atoms with Crippen molar-refractivity contribution in [2.75, 3.05) is 24.7 Å². The van der Waals surface area contributed by atoms with Crippen molar-refractivity contribution in [1.82, 2.24) is 36.9 Å². The second-order valence-electron chi connectivity index (χ2n) is 19.5. The fourth-order valence-corrected chi connectivity index (χ4v) is 11.2. The molecule has 74 heavy (non-hydrogen) atoms. The number of nitrogens with two attached hydrogens (primary N) is 1. The maximum Gasteiger partial charge on any atom is 0.245 e. The molecule has 0 bridgehead atoms. The van der Waals surface area contributed by atoms with E-state index in [0.29, 0.717) is 31.2 Å². The highest BCUT2D eigenvalue weighted by atomic mass is 33.1. The second-order valence-corrected chi connectivity index (χ2v) is 22.1. The molecular weight excluding hydrogens is 985 g/mol. The second kappa shape index (κ2) is 29.9. The number of carbonyl (C=O) groups is 7. The predicted octanol–water partition coefficient (Wildman–Crippen LogP) is 2.62. The van der Waals surface area contributed by atoms with Gasteiger partial charge in [-0.3, -0.25) is 33.6 Å². The zero-order valence-corrected chi connectivity index (χ0v) is 44.2. The molecule has 3 aromatic carbocycles. The van der Waals surface area contributed by atoms with E-state index in [9.17, 15) is 48.9 Å². The highest BCUT2D eigenvalue weighted by Crippen LogP contribution is 2.27. The summed E-state index contributed by atoms with van der Waals surface area (Å²) in [5, 5.41) is 48.5. The monoisotopic (exact) mass is 1060 g/mol. The lowest BCUT2D eigenvalue weighted by molar-refractivity contribution is -0.137. The van der Waals surface area contributed by atoms with Crippen LogP contribution >= 0.6 is 21.6 Å². The van der Waals surface area contributed by atoms with Gasteiger partial charge in [0.25, 0.3) is 0 Å². The Balaban J connectivity index is 1.59. The maximum atomic E-state index is 14.9. The van der Waals surface area contributed by atoms with E-state index in [0.717, 1.165) is 43.6 Å². The van der Waals surface area contributed by atoms with Crippen LogP contribution in [0, 0.1) is 17.8 Å². The number of hydrogen-bond acceptors (Lipinski definition) is 13. The van der Waals surface area contributed by atoms with Crippen LogP contribution in [0.4, 0.5) is 0 Å². The number of H-pyrrole nitrogens is 1. The smallest absolute Gasteiger partial charge is 0.245 e. The molecule has 0 aliphatic carbocycles. The number of fused-ring (bicyclic) bond motifs is 1. The van der Waals surface area contributed by atoms with Crippen LogP contribution in [-0.2, 0) is 52.8 Å². The molecule has 0 radical (unpaired) electrons. The first-order valence-electron chi connectivity index (χ1n) is 25.4. The highest BCUT2D eigenvalue weighted by Gasteiger charge is 2.37. The molecule has 1 saturated heterocycles. The van der Waals surface area contributed by atoms with Crippen LogP contribution in [0.2, 0.25) is 0 Å². The Morgan fingerprint density at radius 3 is 2.03 bits per heavy atom. The fourth-order valence-electron chi connectivity index (χ4n) is 8.79. The van der Waals surface area contributed by atoms with Crippen molar-refractivity contribution in [3.63, 3.8) is 0 Å². The minimum absolute atomic E-state index is 0.0344. The Labute approximate surface area is 441 Å². The molecule has 402 valence electrons. The number of ketones is 1. The minimum atomic E-state index is -1.65. The summed E-state index contributed by atoms with van der Waals surface area (Å²) >= 11 is 0. The lowest BCUT2D eigenvalue weighted by Gasteiger charge is -2.29. The number of aliphatic hydroxyl groups excluding tert-OH is 3. The number of hydrogen-bond donors (Lipinski definition) is 11. The summed E-state index contributed by atoms with van der Waals surface area (Å²) in [4.78, 5) is 104. The van der Waals surface area contributed by atoms with Gasteiger partial charge >= 0.3 is 0 Å². The van der Waals surface area contributed by atoms with Crippen molar-refractivity contribution in [3.8, 4) is 0 Å². The van der Waals surface area contributed by atoms with Crippen LogP contribution in [0.25, 0.3) is 10.9 Å². The molecule has 1 aromatic heterocycles. The number of para-hydroxylation sites is 1. The molecule has 4 aromatic rings. The number of unbranched alkanes of at least 4 members (excludes halogenated alkanes) is 1. The first-order chi connectivity index (χ1) is 35.5. The number of aromatic amines is 1. The van der Waals surface area contributed by atoms with Gasteiger partial charge in [0.2, 0.25) is 35.4 Å². The predicted molar refractivity (Wildman–Crippen MR) is 288 cm³/mol. The molecule has 1 aliphatic heterocycles. The zero-order valence-electron chi connectivity index (χ0n) is 42.6. The number of benzene rings is 3. The van der Waals surface area contributed by atoms with Gasteiger partial charge in [-0.05, 0) is 87.6 Å². The standard InChI is InChI=1S/C54H74N8O10S2/c1-32(2)23-37(24-35-15-7-5-8-16-35)49(67)60-45-30-73-74-31-46(53(71)59-44(29-63)33(3)64)61-54(72)48(34(4)65)62-51(69)42(21-13-14-22-55)57-52(70)43(26-39-28-56-41-20-12-11-19-40(39)41)58-50(68)38(27-47(45)66)25-36-17-9-6-10-18-36/h5-12,15-20,28,32-34,37-38,42-46,48,56,63-65H,13-14,21-27,29-31,55H2,1-4H3,(H,57,70)(H,58,68)(H,59,71)(H,60,67)(H,61,72)(H,62,69)/t33?,34?,37-,38-,42+,43-,44-,45+,46?,48+/m1/s1. The third-order valence-corrected chi connectivity index (χ3v) is 15.4. The normalized spacial score (nSPS) is 22.6. The van der Waals surface area contributed by atoms with Gasteiger partial charge in [-0.1, -0.05) is 114 Å². The average molecular weight is 1060 g/mol. The molecule has 18 nitrogen and oxygen atoms in total. The molecular formula is C54H74N8O10S2. The van der Waals surface area contributed by atoms with Crippen molar-refractivity contribution >= 4 is 73.7 Å². The number of nitrogens with one attached hydrogen (secondary N) is 7. The van der Waals surface area contributed by atoms with Crippen molar-refractivity contribution in [1.29, 1.82) is 0 Å². The molecule has 3 unspecified atom stereocenters. The van der Waals surface area contributed by atoms with Gasteiger partial charge in [-0.2, -0.15) is 0 Å². The third kappa shape index (κ3) is 18.3. The summed E-state index contributed by atoms with van der Waals surface area (Å²) in [6.45, 7) is 6.32.